The Hall–Kier alpha value is -0.570. The molecule has 0 radical (unpaired) electrons. The van der Waals surface area contributed by atoms with Crippen LogP contribution in [0.4, 0.5) is 0 Å². The summed E-state index contributed by atoms with van der Waals surface area (Å²) in [6.45, 7) is 12.3. The topological polar surface area (TPSA) is 23.6 Å². The van der Waals surface area contributed by atoms with Gasteiger partial charge in [-0.15, -0.1) is 0 Å². The number of carbonyl (C=O) groups is 1. The lowest BCUT2D eigenvalue weighted by atomic mass is 9.93. The Labute approximate surface area is 125 Å². The molecule has 0 N–H and O–H groups in total. The molecule has 3 heteroatoms. The van der Waals surface area contributed by atoms with Gasteiger partial charge in [0.15, 0.2) is 0 Å². The molecule has 0 aromatic rings. The Kier molecular flexibility index (Phi) is 8.92. The minimum Gasteiger partial charge on any atom is -0.343 e. The van der Waals surface area contributed by atoms with Gasteiger partial charge in [0.1, 0.15) is 0 Å². The monoisotopic (exact) mass is 282 g/mol. The molecule has 0 saturated carbocycles. The zero-order chi connectivity index (χ0) is 14.8. The van der Waals surface area contributed by atoms with Crippen LogP contribution in [0.15, 0.2) is 0 Å². The molecule has 20 heavy (non-hydrogen) atoms. The van der Waals surface area contributed by atoms with Crippen molar-refractivity contribution >= 4 is 5.91 Å². The van der Waals surface area contributed by atoms with Crippen LogP contribution in [0.5, 0.6) is 0 Å². The molecular formula is C17H34N2O. The van der Waals surface area contributed by atoms with Crippen molar-refractivity contribution < 1.29 is 4.79 Å². The van der Waals surface area contributed by atoms with Gasteiger partial charge in [0.05, 0.1) is 0 Å². The van der Waals surface area contributed by atoms with Gasteiger partial charge in [0, 0.05) is 19.5 Å². The summed E-state index contributed by atoms with van der Waals surface area (Å²) in [6, 6.07) is 0. The van der Waals surface area contributed by atoms with Gasteiger partial charge in [0.2, 0.25) is 5.91 Å². The van der Waals surface area contributed by atoms with Crippen molar-refractivity contribution in [3.05, 3.63) is 0 Å². The van der Waals surface area contributed by atoms with Crippen molar-refractivity contribution in [3.63, 3.8) is 0 Å². The van der Waals surface area contributed by atoms with Crippen molar-refractivity contribution in [1.82, 2.24) is 9.80 Å². The van der Waals surface area contributed by atoms with Gasteiger partial charge >= 0.3 is 0 Å². The highest BCUT2D eigenvalue weighted by Gasteiger charge is 2.22. The molecule has 0 unspecified atom stereocenters. The molecule has 0 aromatic carbocycles. The average Bonchev–Trinajstić information content (AvgIpc) is 2.46. The van der Waals surface area contributed by atoms with Gasteiger partial charge in [-0.2, -0.15) is 0 Å². The summed E-state index contributed by atoms with van der Waals surface area (Å²) in [5.74, 6) is 1.20. The molecule has 118 valence electrons. The molecule has 3 nitrogen and oxygen atoms in total. The molecule has 0 bridgehead atoms. The van der Waals surface area contributed by atoms with Crippen LogP contribution in [0, 0.1) is 5.92 Å². The van der Waals surface area contributed by atoms with Crippen molar-refractivity contribution in [2.45, 2.75) is 65.7 Å². The largest absolute Gasteiger partial charge is 0.343 e. The second-order valence-corrected chi connectivity index (χ2v) is 6.20. The third-order valence-electron chi connectivity index (χ3n) is 4.36. The standard InChI is InChI=1S/C17H34N2O/c1-4-7-17(20)19-14-9-16(10-15-19)8-13-18(11-5-2)12-6-3/h16H,4-15H2,1-3H3. The summed E-state index contributed by atoms with van der Waals surface area (Å²) in [6.07, 6.45) is 7.94. The minimum absolute atomic E-state index is 0.365. The van der Waals surface area contributed by atoms with E-state index in [1.807, 2.05) is 0 Å². The fourth-order valence-corrected chi connectivity index (χ4v) is 3.18. The molecule has 1 amide bonds. The van der Waals surface area contributed by atoms with Crippen molar-refractivity contribution in [2.75, 3.05) is 32.7 Å². The van der Waals surface area contributed by atoms with Crippen molar-refractivity contribution in [2.24, 2.45) is 5.92 Å². The molecule has 0 atom stereocenters. The zero-order valence-corrected chi connectivity index (χ0v) is 13.9. The van der Waals surface area contributed by atoms with Crippen LogP contribution in [0.25, 0.3) is 0 Å². The lowest BCUT2D eigenvalue weighted by molar-refractivity contribution is -0.132. The molecular weight excluding hydrogens is 248 g/mol. The van der Waals surface area contributed by atoms with E-state index >= 15 is 0 Å². The normalized spacial score (nSPS) is 16.9. The third-order valence-corrected chi connectivity index (χ3v) is 4.36. The third kappa shape index (κ3) is 6.25. The van der Waals surface area contributed by atoms with E-state index in [0.717, 1.165) is 31.8 Å². The highest BCUT2D eigenvalue weighted by atomic mass is 16.2. The molecule has 1 saturated heterocycles. The summed E-state index contributed by atoms with van der Waals surface area (Å²) in [7, 11) is 0. The van der Waals surface area contributed by atoms with E-state index in [2.05, 4.69) is 30.6 Å². The zero-order valence-electron chi connectivity index (χ0n) is 13.9. The number of likely N-dealkylation sites (tertiary alicyclic amines) is 1. The van der Waals surface area contributed by atoms with Gasteiger partial charge in [-0.1, -0.05) is 20.8 Å². The number of hydrogen-bond acceptors (Lipinski definition) is 2. The van der Waals surface area contributed by atoms with Crippen LogP contribution in [0.3, 0.4) is 0 Å². The van der Waals surface area contributed by atoms with Crippen LogP contribution in [0.2, 0.25) is 0 Å². The number of rotatable bonds is 9. The minimum atomic E-state index is 0.365. The van der Waals surface area contributed by atoms with E-state index in [-0.39, 0.29) is 0 Å². The quantitative estimate of drug-likeness (QED) is 0.646. The molecule has 1 fully saturated rings. The summed E-state index contributed by atoms with van der Waals surface area (Å²) in [5.41, 5.74) is 0. The summed E-state index contributed by atoms with van der Waals surface area (Å²) < 4.78 is 0. The molecule has 1 aliphatic rings. The fourth-order valence-electron chi connectivity index (χ4n) is 3.18. The maximum Gasteiger partial charge on any atom is 0.222 e. The Morgan fingerprint density at radius 1 is 1.00 bits per heavy atom. The summed E-state index contributed by atoms with van der Waals surface area (Å²) >= 11 is 0. The number of carbonyl (C=O) groups excluding carboxylic acids is 1. The van der Waals surface area contributed by atoms with Crippen LogP contribution in [-0.2, 0) is 4.79 Å². The Morgan fingerprint density at radius 2 is 1.60 bits per heavy atom. The Bertz CT molecular complexity index is 254. The highest BCUT2D eigenvalue weighted by Crippen LogP contribution is 2.21. The lowest BCUT2D eigenvalue weighted by Gasteiger charge is -2.33. The first kappa shape index (κ1) is 17.5. The second kappa shape index (κ2) is 10.2. The smallest absolute Gasteiger partial charge is 0.222 e. The average molecular weight is 282 g/mol. The number of nitrogens with zero attached hydrogens (tertiary/aromatic N) is 2. The lowest BCUT2D eigenvalue weighted by Crippen LogP contribution is -2.39. The van der Waals surface area contributed by atoms with Gasteiger partial charge < -0.3 is 9.80 Å². The van der Waals surface area contributed by atoms with Gasteiger partial charge in [-0.3, -0.25) is 4.79 Å². The number of hydrogen-bond donors (Lipinski definition) is 0. The van der Waals surface area contributed by atoms with E-state index in [0.29, 0.717) is 5.91 Å². The molecule has 1 rings (SSSR count). The molecule has 1 aliphatic heterocycles. The number of amides is 1. The van der Waals surface area contributed by atoms with Gasteiger partial charge in [-0.25, -0.2) is 0 Å². The summed E-state index contributed by atoms with van der Waals surface area (Å²) in [5, 5.41) is 0. The maximum atomic E-state index is 11.9. The highest BCUT2D eigenvalue weighted by molar-refractivity contribution is 5.76. The van der Waals surface area contributed by atoms with Crippen LogP contribution < -0.4 is 0 Å². The number of piperidine rings is 1. The first-order valence-electron chi connectivity index (χ1n) is 8.71. The second-order valence-electron chi connectivity index (χ2n) is 6.20. The van der Waals surface area contributed by atoms with Crippen molar-refractivity contribution in [3.8, 4) is 0 Å². The van der Waals surface area contributed by atoms with E-state index < -0.39 is 0 Å². The van der Waals surface area contributed by atoms with E-state index in [4.69, 9.17) is 0 Å². The molecule has 0 aromatic heterocycles. The van der Waals surface area contributed by atoms with E-state index in [1.165, 1.54) is 51.7 Å². The van der Waals surface area contributed by atoms with Crippen molar-refractivity contribution in [1.29, 1.82) is 0 Å². The predicted molar refractivity (Wildman–Crippen MR) is 85.9 cm³/mol. The molecule has 1 heterocycles. The first-order chi connectivity index (χ1) is 9.71. The maximum absolute atomic E-state index is 11.9. The first-order valence-corrected chi connectivity index (χ1v) is 8.71. The molecule has 0 spiro atoms. The predicted octanol–water partition coefficient (Wildman–Crippen LogP) is 3.54. The Morgan fingerprint density at radius 3 is 2.10 bits per heavy atom. The summed E-state index contributed by atoms with van der Waals surface area (Å²) in [4.78, 5) is 16.5. The van der Waals surface area contributed by atoms with E-state index in [9.17, 15) is 4.79 Å². The van der Waals surface area contributed by atoms with Crippen LogP contribution in [-0.4, -0.2) is 48.4 Å². The van der Waals surface area contributed by atoms with Crippen LogP contribution in [0.1, 0.15) is 65.7 Å². The SMILES string of the molecule is CCCC(=O)N1CCC(CCN(CCC)CCC)CC1. The Balaban J connectivity index is 2.22. The van der Waals surface area contributed by atoms with E-state index in [1.54, 1.807) is 0 Å². The molecule has 0 aliphatic carbocycles. The van der Waals surface area contributed by atoms with Crippen LogP contribution >= 0.6 is 0 Å². The van der Waals surface area contributed by atoms with Gasteiger partial charge in [-0.05, 0) is 64.1 Å². The fraction of sp³-hybridized carbons (Fsp3) is 0.941. The van der Waals surface area contributed by atoms with Gasteiger partial charge in [0.25, 0.3) is 0 Å².